The highest BCUT2D eigenvalue weighted by Crippen LogP contribution is 2.22. The van der Waals surface area contributed by atoms with Gasteiger partial charge in [-0.25, -0.2) is 13.6 Å². The first kappa shape index (κ1) is 20.5. The number of likely N-dealkylation sites (tertiary alicyclic amines) is 1. The van der Waals surface area contributed by atoms with Crippen molar-refractivity contribution in [2.75, 3.05) is 13.1 Å². The number of rotatable bonds is 5. The molecule has 28 heavy (non-hydrogen) atoms. The number of amides is 2. The highest BCUT2D eigenvalue weighted by molar-refractivity contribution is 7.89. The van der Waals surface area contributed by atoms with Crippen LogP contribution in [0.4, 0.5) is 0 Å². The summed E-state index contributed by atoms with van der Waals surface area (Å²) < 4.78 is 22.7. The Hall–Kier alpha value is -2.23. The SMILES string of the molecule is C[C@H](NC(=O)C1CCN(C(=O)c2cccs2)CC1)c1ccc(S(N)(=O)=O)cc1. The quantitative estimate of drug-likeness (QED) is 0.770. The molecule has 3 N–H and O–H groups in total. The zero-order valence-corrected chi connectivity index (χ0v) is 17.1. The monoisotopic (exact) mass is 421 g/mol. The fourth-order valence-corrected chi connectivity index (χ4v) is 4.47. The van der Waals surface area contributed by atoms with E-state index in [2.05, 4.69) is 5.32 Å². The average molecular weight is 422 g/mol. The number of sulfonamides is 1. The molecule has 1 aromatic carbocycles. The molecule has 7 nitrogen and oxygen atoms in total. The van der Waals surface area contributed by atoms with Crippen molar-refractivity contribution >= 4 is 33.2 Å². The van der Waals surface area contributed by atoms with Crippen molar-refractivity contribution in [3.63, 3.8) is 0 Å². The zero-order valence-electron chi connectivity index (χ0n) is 15.5. The van der Waals surface area contributed by atoms with Crippen LogP contribution in [0.25, 0.3) is 0 Å². The molecule has 2 amide bonds. The van der Waals surface area contributed by atoms with Crippen LogP contribution in [-0.4, -0.2) is 38.2 Å². The zero-order chi connectivity index (χ0) is 20.3. The van der Waals surface area contributed by atoms with E-state index in [-0.39, 0.29) is 28.7 Å². The third kappa shape index (κ3) is 4.78. The van der Waals surface area contributed by atoms with E-state index >= 15 is 0 Å². The molecule has 2 heterocycles. The molecule has 1 aliphatic heterocycles. The lowest BCUT2D eigenvalue weighted by Crippen LogP contribution is -2.43. The number of piperidine rings is 1. The maximum atomic E-state index is 12.6. The Labute approximate surface area is 168 Å². The number of nitrogens with zero attached hydrogens (tertiary/aromatic N) is 1. The van der Waals surface area contributed by atoms with Gasteiger partial charge in [0.2, 0.25) is 15.9 Å². The Morgan fingerprint density at radius 3 is 2.36 bits per heavy atom. The summed E-state index contributed by atoms with van der Waals surface area (Å²) in [6, 6.07) is 9.57. The molecule has 1 aromatic heterocycles. The number of thiophene rings is 1. The van der Waals surface area contributed by atoms with Gasteiger partial charge in [0.15, 0.2) is 0 Å². The third-order valence-electron chi connectivity index (χ3n) is 4.95. The topological polar surface area (TPSA) is 110 Å². The molecule has 0 unspecified atom stereocenters. The van der Waals surface area contributed by atoms with Gasteiger partial charge in [-0.05, 0) is 48.9 Å². The number of benzene rings is 1. The van der Waals surface area contributed by atoms with Crippen LogP contribution in [0.3, 0.4) is 0 Å². The number of carbonyl (C=O) groups excluding carboxylic acids is 2. The summed E-state index contributed by atoms with van der Waals surface area (Å²) in [6.07, 6.45) is 1.25. The van der Waals surface area contributed by atoms with Gasteiger partial charge in [0.1, 0.15) is 0 Å². The molecule has 0 aliphatic carbocycles. The normalized spacial score (nSPS) is 16.6. The standard InChI is InChI=1S/C19H23N3O4S2/c1-13(14-4-6-16(7-5-14)28(20,25)26)21-18(23)15-8-10-22(11-9-15)19(24)17-3-2-12-27-17/h2-7,12-13,15H,8-11H2,1H3,(H,21,23)(H2,20,25,26)/t13-/m0/s1. The summed E-state index contributed by atoms with van der Waals surface area (Å²) in [5.74, 6) is -0.165. The lowest BCUT2D eigenvalue weighted by atomic mass is 9.95. The second kappa shape index (κ2) is 8.42. The minimum atomic E-state index is -3.73. The predicted molar refractivity (Wildman–Crippen MR) is 107 cm³/mol. The van der Waals surface area contributed by atoms with E-state index in [0.717, 1.165) is 10.4 Å². The van der Waals surface area contributed by atoms with Crippen molar-refractivity contribution in [2.45, 2.75) is 30.7 Å². The minimum Gasteiger partial charge on any atom is -0.349 e. The van der Waals surface area contributed by atoms with Gasteiger partial charge >= 0.3 is 0 Å². The van der Waals surface area contributed by atoms with Gasteiger partial charge in [0, 0.05) is 19.0 Å². The van der Waals surface area contributed by atoms with E-state index in [0.29, 0.717) is 25.9 Å². The summed E-state index contributed by atoms with van der Waals surface area (Å²) in [4.78, 5) is 27.5. The van der Waals surface area contributed by atoms with Crippen molar-refractivity contribution in [1.82, 2.24) is 10.2 Å². The summed E-state index contributed by atoms with van der Waals surface area (Å²) >= 11 is 1.42. The second-order valence-electron chi connectivity index (χ2n) is 6.89. The minimum absolute atomic E-state index is 0.0252. The van der Waals surface area contributed by atoms with E-state index in [1.54, 1.807) is 17.0 Å². The number of carbonyl (C=O) groups is 2. The number of hydrogen-bond acceptors (Lipinski definition) is 5. The molecule has 2 aromatic rings. The van der Waals surface area contributed by atoms with Crippen LogP contribution in [0.2, 0.25) is 0 Å². The van der Waals surface area contributed by atoms with Gasteiger partial charge in [-0.2, -0.15) is 0 Å². The Morgan fingerprint density at radius 2 is 1.82 bits per heavy atom. The number of nitrogens with two attached hydrogens (primary N) is 1. The van der Waals surface area contributed by atoms with E-state index in [1.807, 2.05) is 24.4 Å². The molecule has 0 bridgehead atoms. The highest BCUT2D eigenvalue weighted by Gasteiger charge is 2.28. The smallest absolute Gasteiger partial charge is 0.263 e. The molecule has 9 heteroatoms. The fourth-order valence-electron chi connectivity index (χ4n) is 3.26. The van der Waals surface area contributed by atoms with Gasteiger partial charge < -0.3 is 10.2 Å². The van der Waals surface area contributed by atoms with Crippen LogP contribution < -0.4 is 10.5 Å². The van der Waals surface area contributed by atoms with Crippen molar-refractivity contribution in [2.24, 2.45) is 11.1 Å². The van der Waals surface area contributed by atoms with Crippen LogP contribution in [0, 0.1) is 5.92 Å². The highest BCUT2D eigenvalue weighted by atomic mass is 32.2. The first-order valence-electron chi connectivity index (χ1n) is 9.01. The molecule has 3 rings (SSSR count). The molecule has 150 valence electrons. The summed E-state index contributed by atoms with van der Waals surface area (Å²) in [5, 5.41) is 9.95. The average Bonchev–Trinajstić information content (AvgIpc) is 3.21. The van der Waals surface area contributed by atoms with E-state index in [4.69, 9.17) is 5.14 Å². The third-order valence-corrected chi connectivity index (χ3v) is 6.74. The number of primary sulfonamides is 1. The molecule has 1 aliphatic rings. The summed E-state index contributed by atoms with van der Waals surface area (Å²) in [5.41, 5.74) is 0.797. The molecule has 0 saturated carbocycles. The Balaban J connectivity index is 1.53. The summed E-state index contributed by atoms with van der Waals surface area (Å²) in [7, 11) is -3.73. The predicted octanol–water partition coefficient (Wildman–Crippen LogP) is 2.13. The molecular formula is C19H23N3O4S2. The Morgan fingerprint density at radius 1 is 1.18 bits per heavy atom. The van der Waals surface area contributed by atoms with Gasteiger partial charge in [0.25, 0.3) is 5.91 Å². The van der Waals surface area contributed by atoms with E-state index in [1.165, 1.54) is 23.5 Å². The van der Waals surface area contributed by atoms with E-state index in [9.17, 15) is 18.0 Å². The number of nitrogens with one attached hydrogen (secondary N) is 1. The first-order valence-corrected chi connectivity index (χ1v) is 11.4. The van der Waals surface area contributed by atoms with Crippen LogP contribution in [0.5, 0.6) is 0 Å². The lowest BCUT2D eigenvalue weighted by molar-refractivity contribution is -0.127. The van der Waals surface area contributed by atoms with Crippen LogP contribution >= 0.6 is 11.3 Å². The second-order valence-corrected chi connectivity index (χ2v) is 9.40. The molecule has 1 atom stereocenters. The van der Waals surface area contributed by atoms with Gasteiger partial charge in [-0.1, -0.05) is 18.2 Å². The molecular weight excluding hydrogens is 398 g/mol. The van der Waals surface area contributed by atoms with Crippen molar-refractivity contribution < 1.29 is 18.0 Å². The molecule has 1 saturated heterocycles. The number of hydrogen-bond donors (Lipinski definition) is 2. The molecule has 0 spiro atoms. The fraction of sp³-hybridized carbons (Fsp3) is 0.368. The first-order chi connectivity index (χ1) is 13.3. The lowest BCUT2D eigenvalue weighted by Gasteiger charge is -2.31. The van der Waals surface area contributed by atoms with E-state index < -0.39 is 10.0 Å². The van der Waals surface area contributed by atoms with Crippen molar-refractivity contribution in [1.29, 1.82) is 0 Å². The van der Waals surface area contributed by atoms with Gasteiger partial charge in [-0.3, -0.25) is 9.59 Å². The molecule has 0 radical (unpaired) electrons. The Bertz CT molecular complexity index is 932. The van der Waals surface area contributed by atoms with Crippen LogP contribution in [-0.2, 0) is 14.8 Å². The van der Waals surface area contributed by atoms with Gasteiger partial charge in [-0.15, -0.1) is 11.3 Å². The van der Waals surface area contributed by atoms with Crippen LogP contribution in [0.1, 0.15) is 41.0 Å². The molecule has 1 fully saturated rings. The van der Waals surface area contributed by atoms with Crippen molar-refractivity contribution in [3.8, 4) is 0 Å². The van der Waals surface area contributed by atoms with Crippen LogP contribution in [0.15, 0.2) is 46.7 Å². The van der Waals surface area contributed by atoms with Gasteiger partial charge in [0.05, 0.1) is 15.8 Å². The van der Waals surface area contributed by atoms with Crippen molar-refractivity contribution in [3.05, 3.63) is 52.2 Å². The maximum Gasteiger partial charge on any atom is 0.263 e. The largest absolute Gasteiger partial charge is 0.349 e. The summed E-state index contributed by atoms with van der Waals surface area (Å²) in [6.45, 7) is 2.97. The Kier molecular flexibility index (Phi) is 6.17. The maximum absolute atomic E-state index is 12.6.